The Kier molecular flexibility index (Phi) is 4.10. The van der Waals surface area contributed by atoms with Gasteiger partial charge in [0.05, 0.1) is 18.6 Å². The maximum Gasteiger partial charge on any atom is 0.229 e. The van der Waals surface area contributed by atoms with Crippen molar-refractivity contribution in [3.8, 4) is 0 Å². The summed E-state index contributed by atoms with van der Waals surface area (Å²) < 4.78 is 6.01. The monoisotopic (exact) mass is 311 g/mol. The van der Waals surface area contributed by atoms with Gasteiger partial charge in [-0.2, -0.15) is 0 Å². The molecule has 1 aromatic heterocycles. The van der Waals surface area contributed by atoms with Gasteiger partial charge in [-0.15, -0.1) is 10.2 Å². The Morgan fingerprint density at radius 3 is 2.76 bits per heavy atom. The van der Waals surface area contributed by atoms with Crippen molar-refractivity contribution in [2.75, 3.05) is 45.6 Å². The number of amides is 1. The van der Waals surface area contributed by atoms with Crippen LogP contribution >= 0.6 is 11.3 Å². The normalized spacial score (nSPS) is 22.6. The minimum absolute atomic E-state index is 0.0586. The Morgan fingerprint density at radius 2 is 2.14 bits per heavy atom. The molecule has 1 spiro atoms. The maximum atomic E-state index is 12.3. The van der Waals surface area contributed by atoms with Crippen molar-refractivity contribution in [3.63, 3.8) is 0 Å². The van der Waals surface area contributed by atoms with Crippen LogP contribution in [0, 0.1) is 0 Å². The first kappa shape index (κ1) is 14.7. The molecule has 7 nitrogen and oxygen atoms in total. The molecule has 0 bridgehead atoms. The summed E-state index contributed by atoms with van der Waals surface area (Å²) >= 11 is 1.28. The Balaban J connectivity index is 1.54. The van der Waals surface area contributed by atoms with E-state index in [1.807, 2.05) is 4.90 Å². The van der Waals surface area contributed by atoms with Crippen LogP contribution < -0.4 is 5.73 Å². The van der Waals surface area contributed by atoms with Crippen LogP contribution in [0.2, 0.25) is 0 Å². The van der Waals surface area contributed by atoms with Crippen molar-refractivity contribution < 1.29 is 9.53 Å². The smallest absolute Gasteiger partial charge is 0.229 e. The molecule has 21 heavy (non-hydrogen) atoms. The number of nitrogens with two attached hydrogens (primary N) is 1. The molecule has 2 fully saturated rings. The van der Waals surface area contributed by atoms with Gasteiger partial charge in [-0.1, -0.05) is 11.3 Å². The van der Waals surface area contributed by atoms with Crippen molar-refractivity contribution >= 4 is 22.4 Å². The molecule has 1 amide bonds. The van der Waals surface area contributed by atoms with Crippen LogP contribution in [0.3, 0.4) is 0 Å². The third-order valence-corrected chi connectivity index (χ3v) is 5.00. The predicted molar refractivity (Wildman–Crippen MR) is 80.0 cm³/mol. The molecular formula is C13H21N5O2S. The second-order valence-electron chi connectivity index (χ2n) is 5.86. The van der Waals surface area contributed by atoms with E-state index in [1.165, 1.54) is 11.3 Å². The first-order valence-electron chi connectivity index (χ1n) is 7.24. The lowest BCUT2D eigenvalue weighted by Crippen LogP contribution is -2.56. The minimum atomic E-state index is -0.0586. The minimum Gasteiger partial charge on any atom is -0.374 e. The number of hydrogen-bond donors (Lipinski definition) is 1. The third-order valence-electron chi connectivity index (χ3n) is 4.25. The van der Waals surface area contributed by atoms with Crippen LogP contribution in [0.15, 0.2) is 0 Å². The van der Waals surface area contributed by atoms with Crippen LogP contribution in [0.25, 0.3) is 0 Å². The number of carbonyl (C=O) groups is 1. The van der Waals surface area contributed by atoms with E-state index in [-0.39, 0.29) is 11.5 Å². The van der Waals surface area contributed by atoms with Crippen LogP contribution in [0.1, 0.15) is 17.8 Å². The lowest BCUT2D eigenvalue weighted by Gasteiger charge is -2.46. The zero-order chi connectivity index (χ0) is 14.9. The summed E-state index contributed by atoms with van der Waals surface area (Å²) in [6.45, 7) is 4.24. The molecule has 3 heterocycles. The van der Waals surface area contributed by atoms with Gasteiger partial charge in [-0.05, 0) is 19.9 Å². The van der Waals surface area contributed by atoms with E-state index in [2.05, 4.69) is 22.1 Å². The molecular weight excluding hydrogens is 290 g/mol. The molecule has 0 unspecified atom stereocenters. The highest BCUT2D eigenvalue weighted by Crippen LogP contribution is 2.30. The van der Waals surface area contributed by atoms with Crippen molar-refractivity contribution in [1.82, 2.24) is 20.0 Å². The van der Waals surface area contributed by atoms with Gasteiger partial charge in [0, 0.05) is 26.2 Å². The molecule has 116 valence electrons. The average Bonchev–Trinajstić information content (AvgIpc) is 2.84. The molecule has 8 heteroatoms. The number of morpholine rings is 1. The molecule has 0 radical (unpaired) electrons. The highest BCUT2D eigenvalue weighted by atomic mass is 32.1. The molecule has 0 aromatic carbocycles. The number of rotatable bonds is 2. The first-order chi connectivity index (χ1) is 10.1. The van der Waals surface area contributed by atoms with Crippen molar-refractivity contribution in [3.05, 3.63) is 5.01 Å². The fourth-order valence-corrected chi connectivity index (χ4v) is 3.68. The van der Waals surface area contributed by atoms with Crippen molar-refractivity contribution in [2.45, 2.75) is 24.9 Å². The number of ether oxygens (including phenoxy) is 1. The number of hydrogen-bond acceptors (Lipinski definition) is 7. The molecule has 0 aliphatic carbocycles. The first-order valence-corrected chi connectivity index (χ1v) is 8.06. The van der Waals surface area contributed by atoms with E-state index < -0.39 is 0 Å². The fraction of sp³-hybridized carbons (Fsp3) is 0.769. The van der Waals surface area contributed by atoms with Crippen LogP contribution in [-0.4, -0.2) is 71.3 Å². The van der Waals surface area contributed by atoms with Gasteiger partial charge in [0.25, 0.3) is 0 Å². The lowest BCUT2D eigenvalue weighted by molar-refractivity contribution is -0.147. The van der Waals surface area contributed by atoms with E-state index in [0.29, 0.717) is 16.6 Å². The van der Waals surface area contributed by atoms with Gasteiger partial charge in [-0.3, -0.25) is 4.79 Å². The molecule has 2 saturated heterocycles. The molecule has 2 aliphatic rings. The average molecular weight is 311 g/mol. The molecule has 3 rings (SSSR count). The summed E-state index contributed by atoms with van der Waals surface area (Å²) in [5.74, 6) is 0.102. The van der Waals surface area contributed by atoms with Crippen LogP contribution in [-0.2, 0) is 16.0 Å². The summed E-state index contributed by atoms with van der Waals surface area (Å²) in [5.41, 5.74) is 5.48. The van der Waals surface area contributed by atoms with Gasteiger partial charge >= 0.3 is 0 Å². The van der Waals surface area contributed by atoms with E-state index >= 15 is 0 Å². The number of anilines is 1. The van der Waals surface area contributed by atoms with Gasteiger partial charge < -0.3 is 20.3 Å². The summed E-state index contributed by atoms with van der Waals surface area (Å²) in [6, 6.07) is 0. The van der Waals surface area contributed by atoms with E-state index in [9.17, 15) is 4.79 Å². The highest BCUT2D eigenvalue weighted by molar-refractivity contribution is 7.15. The van der Waals surface area contributed by atoms with Crippen molar-refractivity contribution in [2.24, 2.45) is 0 Å². The van der Waals surface area contributed by atoms with Gasteiger partial charge in [0.1, 0.15) is 5.01 Å². The molecule has 1 aromatic rings. The standard InChI is InChI=1S/C13H21N5O2S/c1-17-6-7-20-13(9-17)2-4-18(5-3-13)11(19)8-10-15-16-12(14)21-10/h2-9H2,1H3,(H2,14,16). The summed E-state index contributed by atoms with van der Waals surface area (Å²) in [5, 5.41) is 8.75. The molecule has 0 saturated carbocycles. The molecule has 0 atom stereocenters. The topological polar surface area (TPSA) is 84.6 Å². The Labute approximate surface area is 128 Å². The Hall–Kier alpha value is -1.25. The van der Waals surface area contributed by atoms with E-state index in [0.717, 1.165) is 45.6 Å². The molecule has 2 aliphatic heterocycles. The number of nitrogen functional groups attached to an aromatic ring is 1. The summed E-state index contributed by atoms with van der Waals surface area (Å²) in [4.78, 5) is 16.5. The second-order valence-corrected chi connectivity index (χ2v) is 6.95. The van der Waals surface area contributed by atoms with E-state index in [4.69, 9.17) is 10.5 Å². The Bertz CT molecular complexity index is 512. The van der Waals surface area contributed by atoms with Crippen LogP contribution in [0.5, 0.6) is 0 Å². The van der Waals surface area contributed by atoms with Crippen molar-refractivity contribution in [1.29, 1.82) is 0 Å². The number of aromatic nitrogens is 2. The number of carbonyl (C=O) groups excluding carboxylic acids is 1. The van der Waals surface area contributed by atoms with Gasteiger partial charge in [0.2, 0.25) is 11.0 Å². The van der Waals surface area contributed by atoms with Gasteiger partial charge in [0.15, 0.2) is 0 Å². The third kappa shape index (κ3) is 3.33. The highest BCUT2D eigenvalue weighted by Gasteiger charge is 2.39. The van der Waals surface area contributed by atoms with Gasteiger partial charge in [-0.25, -0.2) is 0 Å². The molecule has 2 N–H and O–H groups in total. The second kappa shape index (κ2) is 5.86. The van der Waals surface area contributed by atoms with Crippen LogP contribution in [0.4, 0.5) is 5.13 Å². The zero-order valence-electron chi connectivity index (χ0n) is 12.2. The van der Waals surface area contributed by atoms with E-state index in [1.54, 1.807) is 0 Å². The number of piperidine rings is 1. The lowest BCUT2D eigenvalue weighted by atomic mass is 9.89. The largest absolute Gasteiger partial charge is 0.374 e. The fourth-order valence-electron chi connectivity index (χ4n) is 3.08. The quantitative estimate of drug-likeness (QED) is 0.827. The SMILES string of the molecule is CN1CCOC2(CCN(C(=O)Cc3nnc(N)s3)CC2)C1. The summed E-state index contributed by atoms with van der Waals surface area (Å²) in [7, 11) is 2.13. The maximum absolute atomic E-state index is 12.3. The number of likely N-dealkylation sites (N-methyl/N-ethyl adjacent to an activating group) is 1. The Morgan fingerprint density at radius 1 is 1.38 bits per heavy atom. The zero-order valence-corrected chi connectivity index (χ0v) is 13.1. The number of likely N-dealkylation sites (tertiary alicyclic amines) is 1. The summed E-state index contributed by atoms with van der Waals surface area (Å²) in [6.07, 6.45) is 2.10. The number of nitrogens with zero attached hydrogens (tertiary/aromatic N) is 4. The predicted octanol–water partition coefficient (Wildman–Crippen LogP) is -0.0140.